The number of carbonyl (C=O) groups excluding carboxylic acids is 1. The van der Waals surface area contributed by atoms with Crippen LogP contribution in [-0.2, 0) is 0 Å². The van der Waals surface area contributed by atoms with E-state index in [2.05, 4.69) is 10.3 Å². The number of rotatable bonds is 5. The molecule has 26 heavy (non-hydrogen) atoms. The fourth-order valence-electron chi connectivity index (χ4n) is 2.53. The first-order chi connectivity index (χ1) is 12.5. The summed E-state index contributed by atoms with van der Waals surface area (Å²) < 4.78 is 1.59. The third-order valence-corrected chi connectivity index (χ3v) is 3.95. The van der Waals surface area contributed by atoms with Gasteiger partial charge in [-0.2, -0.15) is 0 Å². The molecule has 0 bridgehead atoms. The topological polar surface area (TPSA) is 90.9 Å². The average Bonchev–Trinajstić information content (AvgIpc) is 3.02. The maximum Gasteiger partial charge on any atom is 0.276 e. The first-order valence-corrected chi connectivity index (χ1v) is 7.92. The minimum atomic E-state index is -0.483. The lowest BCUT2D eigenvalue weighted by Crippen LogP contribution is -2.02. The molecule has 2 aromatic carbocycles. The Balaban J connectivity index is 1.88. The van der Waals surface area contributed by atoms with Gasteiger partial charge in [0.1, 0.15) is 0 Å². The number of aromatic nitrogens is 3. The highest BCUT2D eigenvalue weighted by Gasteiger charge is 2.16. The molecule has 0 unspecified atom stereocenters. The number of aryl methyl sites for hydroxylation is 1. The van der Waals surface area contributed by atoms with Crippen molar-refractivity contribution in [3.05, 3.63) is 87.2 Å². The monoisotopic (exact) mass is 348 g/mol. The van der Waals surface area contributed by atoms with E-state index in [0.29, 0.717) is 11.3 Å². The van der Waals surface area contributed by atoms with Crippen LogP contribution < -0.4 is 0 Å². The number of hydrogen-bond acceptors (Lipinski definition) is 5. The number of allylic oxidation sites excluding steroid dienone is 1. The largest absolute Gasteiger partial charge is 0.287 e. The summed E-state index contributed by atoms with van der Waals surface area (Å²) in [6.07, 6.45) is 2.70. The number of nitro benzene ring substituents is 1. The number of carbonyl (C=O) groups is 1. The van der Waals surface area contributed by atoms with Crippen molar-refractivity contribution in [1.82, 2.24) is 15.0 Å². The van der Waals surface area contributed by atoms with Crippen LogP contribution in [0.15, 0.2) is 54.6 Å². The third-order valence-electron chi connectivity index (χ3n) is 3.95. The Morgan fingerprint density at radius 1 is 1.12 bits per heavy atom. The lowest BCUT2D eigenvalue weighted by atomic mass is 10.1. The standard InChI is InChI=1S/C19H16N4O3/c1-13-7-10-16(11-8-13)22-14(2)19(20-21-22)18(24)12-9-15-5-3-4-6-17(15)23(25)26/h3-12H,1-2H3/b12-9+. The van der Waals surface area contributed by atoms with E-state index in [4.69, 9.17) is 0 Å². The van der Waals surface area contributed by atoms with Gasteiger partial charge in [0.05, 0.1) is 21.9 Å². The molecular weight excluding hydrogens is 332 g/mol. The van der Waals surface area contributed by atoms with Crippen molar-refractivity contribution in [1.29, 1.82) is 0 Å². The Bertz CT molecular complexity index is 1000. The molecule has 0 spiro atoms. The van der Waals surface area contributed by atoms with Gasteiger partial charge in [-0.15, -0.1) is 5.10 Å². The van der Waals surface area contributed by atoms with Crippen molar-refractivity contribution in [3.8, 4) is 5.69 Å². The normalized spacial score (nSPS) is 11.0. The molecule has 0 saturated carbocycles. The Labute approximate surface area is 149 Å². The van der Waals surface area contributed by atoms with Crippen LogP contribution in [0.5, 0.6) is 0 Å². The van der Waals surface area contributed by atoms with Gasteiger partial charge in [-0.25, -0.2) is 4.68 Å². The SMILES string of the molecule is Cc1ccc(-n2nnc(C(=O)/C=C/c3ccccc3[N+](=O)[O-])c2C)cc1. The Kier molecular flexibility index (Phi) is 4.70. The number of hydrogen-bond donors (Lipinski definition) is 0. The smallest absolute Gasteiger partial charge is 0.276 e. The predicted molar refractivity (Wildman–Crippen MR) is 97.3 cm³/mol. The number of benzene rings is 2. The minimum absolute atomic E-state index is 0.0587. The fraction of sp³-hybridized carbons (Fsp3) is 0.105. The second-order valence-electron chi connectivity index (χ2n) is 5.78. The summed E-state index contributed by atoms with van der Waals surface area (Å²) in [6, 6.07) is 13.9. The molecule has 130 valence electrons. The van der Waals surface area contributed by atoms with Crippen LogP contribution in [0.2, 0.25) is 0 Å². The summed E-state index contributed by atoms with van der Waals surface area (Å²) in [5.41, 5.74) is 3.04. The van der Waals surface area contributed by atoms with E-state index in [1.165, 1.54) is 18.2 Å². The van der Waals surface area contributed by atoms with E-state index in [9.17, 15) is 14.9 Å². The molecule has 3 rings (SSSR count). The summed E-state index contributed by atoms with van der Waals surface area (Å²) in [6.45, 7) is 3.74. The third kappa shape index (κ3) is 3.41. The van der Waals surface area contributed by atoms with E-state index in [0.717, 1.165) is 11.3 Å². The first kappa shape index (κ1) is 17.2. The van der Waals surface area contributed by atoms with Crippen LogP contribution in [0.25, 0.3) is 11.8 Å². The molecule has 0 N–H and O–H groups in total. The zero-order valence-corrected chi connectivity index (χ0v) is 14.3. The summed E-state index contributed by atoms with van der Waals surface area (Å²) >= 11 is 0. The quantitative estimate of drug-likeness (QED) is 0.303. The van der Waals surface area contributed by atoms with Crippen molar-refractivity contribution in [2.45, 2.75) is 13.8 Å². The zero-order chi connectivity index (χ0) is 18.7. The van der Waals surface area contributed by atoms with Gasteiger partial charge >= 0.3 is 0 Å². The maximum absolute atomic E-state index is 12.4. The van der Waals surface area contributed by atoms with Crippen molar-refractivity contribution >= 4 is 17.5 Å². The van der Waals surface area contributed by atoms with E-state index < -0.39 is 4.92 Å². The predicted octanol–water partition coefficient (Wildman–Crippen LogP) is 3.69. The Morgan fingerprint density at radius 2 is 1.81 bits per heavy atom. The van der Waals surface area contributed by atoms with E-state index >= 15 is 0 Å². The summed E-state index contributed by atoms with van der Waals surface area (Å²) in [5, 5.41) is 19.0. The van der Waals surface area contributed by atoms with Gasteiger partial charge in [-0.05, 0) is 44.2 Å². The van der Waals surface area contributed by atoms with Gasteiger partial charge in [0.15, 0.2) is 5.69 Å². The van der Waals surface area contributed by atoms with Gasteiger partial charge in [0, 0.05) is 6.07 Å². The fourth-order valence-corrected chi connectivity index (χ4v) is 2.53. The molecule has 7 nitrogen and oxygen atoms in total. The summed E-state index contributed by atoms with van der Waals surface area (Å²) in [5.74, 6) is -0.362. The van der Waals surface area contributed by atoms with E-state index in [-0.39, 0.29) is 17.2 Å². The number of ketones is 1. The molecule has 7 heteroatoms. The van der Waals surface area contributed by atoms with Crippen molar-refractivity contribution in [2.75, 3.05) is 0 Å². The Hall–Kier alpha value is -3.61. The molecule has 3 aromatic rings. The lowest BCUT2D eigenvalue weighted by molar-refractivity contribution is -0.385. The number of nitrogens with zero attached hydrogens (tertiary/aromatic N) is 4. The van der Waals surface area contributed by atoms with Crippen molar-refractivity contribution in [2.24, 2.45) is 0 Å². The van der Waals surface area contributed by atoms with Gasteiger partial charge in [-0.3, -0.25) is 14.9 Å². The van der Waals surface area contributed by atoms with Gasteiger partial charge in [0.2, 0.25) is 5.78 Å². The van der Waals surface area contributed by atoms with Crippen molar-refractivity contribution in [3.63, 3.8) is 0 Å². The van der Waals surface area contributed by atoms with E-state index in [1.807, 2.05) is 31.2 Å². The van der Waals surface area contributed by atoms with Gasteiger partial charge in [0.25, 0.3) is 5.69 Å². The van der Waals surface area contributed by atoms with E-state index in [1.54, 1.807) is 29.8 Å². The van der Waals surface area contributed by atoms with Crippen LogP contribution in [0.4, 0.5) is 5.69 Å². The lowest BCUT2D eigenvalue weighted by Gasteiger charge is -2.03. The average molecular weight is 348 g/mol. The van der Waals surface area contributed by atoms with Crippen LogP contribution >= 0.6 is 0 Å². The highest BCUT2D eigenvalue weighted by Crippen LogP contribution is 2.20. The molecule has 0 saturated heterocycles. The minimum Gasteiger partial charge on any atom is -0.287 e. The van der Waals surface area contributed by atoms with Crippen LogP contribution in [-0.4, -0.2) is 25.7 Å². The van der Waals surface area contributed by atoms with Gasteiger partial charge < -0.3 is 0 Å². The highest BCUT2D eigenvalue weighted by molar-refractivity contribution is 6.06. The summed E-state index contributed by atoms with van der Waals surface area (Å²) in [4.78, 5) is 23.0. The molecule has 0 amide bonds. The van der Waals surface area contributed by atoms with Gasteiger partial charge in [-0.1, -0.05) is 35.0 Å². The summed E-state index contributed by atoms with van der Waals surface area (Å²) in [7, 11) is 0. The van der Waals surface area contributed by atoms with Crippen LogP contribution in [0, 0.1) is 24.0 Å². The molecule has 0 atom stereocenters. The zero-order valence-electron chi connectivity index (χ0n) is 14.3. The van der Waals surface area contributed by atoms with Crippen molar-refractivity contribution < 1.29 is 9.72 Å². The second kappa shape index (κ2) is 7.10. The maximum atomic E-state index is 12.4. The molecule has 1 aromatic heterocycles. The highest BCUT2D eigenvalue weighted by atomic mass is 16.6. The number of nitro groups is 1. The van der Waals surface area contributed by atoms with Crippen LogP contribution in [0.3, 0.4) is 0 Å². The molecule has 0 radical (unpaired) electrons. The Morgan fingerprint density at radius 3 is 2.50 bits per heavy atom. The molecule has 0 aliphatic rings. The molecule has 0 aliphatic carbocycles. The molecular formula is C19H16N4O3. The first-order valence-electron chi connectivity index (χ1n) is 7.92. The molecule has 1 heterocycles. The number of para-hydroxylation sites is 1. The second-order valence-corrected chi connectivity index (χ2v) is 5.78. The van der Waals surface area contributed by atoms with Crippen LogP contribution in [0.1, 0.15) is 27.3 Å². The molecule has 0 fully saturated rings. The molecule has 0 aliphatic heterocycles.